The van der Waals surface area contributed by atoms with Crippen LogP contribution < -0.4 is 5.32 Å². The first-order chi connectivity index (χ1) is 10.2. The van der Waals surface area contributed by atoms with Gasteiger partial charge in [0.25, 0.3) is 0 Å². The van der Waals surface area contributed by atoms with Crippen molar-refractivity contribution in [3.05, 3.63) is 35.4 Å². The number of nitrogens with one attached hydrogen (secondary N) is 1. The van der Waals surface area contributed by atoms with E-state index >= 15 is 0 Å². The normalized spacial score (nSPS) is 16.1. The number of fused-ring (bicyclic) bond motifs is 1. The van der Waals surface area contributed by atoms with E-state index in [4.69, 9.17) is 4.74 Å². The highest BCUT2D eigenvalue weighted by Gasteiger charge is 2.20. The van der Waals surface area contributed by atoms with Gasteiger partial charge in [0, 0.05) is 26.7 Å². The highest BCUT2D eigenvalue weighted by Crippen LogP contribution is 2.18. The third kappa shape index (κ3) is 3.74. The van der Waals surface area contributed by atoms with Gasteiger partial charge in [0.05, 0.1) is 13.0 Å². The van der Waals surface area contributed by atoms with Gasteiger partial charge in [-0.1, -0.05) is 31.2 Å². The van der Waals surface area contributed by atoms with Crippen LogP contribution in [0.3, 0.4) is 0 Å². The number of carbonyl (C=O) groups is 1. The van der Waals surface area contributed by atoms with Crippen molar-refractivity contribution in [2.75, 3.05) is 27.2 Å². The summed E-state index contributed by atoms with van der Waals surface area (Å²) in [6, 6.07) is 8.49. The van der Waals surface area contributed by atoms with Crippen molar-refractivity contribution in [2.24, 2.45) is 10.9 Å². The van der Waals surface area contributed by atoms with Crippen LogP contribution in [0.25, 0.3) is 0 Å². The summed E-state index contributed by atoms with van der Waals surface area (Å²) in [5, 5.41) is 3.26. The molecule has 21 heavy (non-hydrogen) atoms. The fourth-order valence-corrected chi connectivity index (χ4v) is 2.54. The van der Waals surface area contributed by atoms with Crippen molar-refractivity contribution < 1.29 is 9.53 Å². The molecule has 1 heterocycles. The first-order valence-corrected chi connectivity index (χ1v) is 7.26. The second-order valence-corrected chi connectivity index (χ2v) is 5.29. The molecule has 1 N–H and O–H groups in total. The molecule has 0 saturated carbocycles. The van der Waals surface area contributed by atoms with E-state index in [-0.39, 0.29) is 11.9 Å². The maximum atomic E-state index is 11.4. The van der Waals surface area contributed by atoms with Crippen LogP contribution in [0.2, 0.25) is 0 Å². The average molecular weight is 289 g/mol. The molecule has 1 aliphatic rings. The number of ether oxygens (including phenoxy) is 1. The summed E-state index contributed by atoms with van der Waals surface area (Å²) in [6.45, 7) is 4.15. The Morgan fingerprint density at radius 3 is 2.81 bits per heavy atom. The number of hydrogen-bond donors (Lipinski definition) is 1. The Labute approximate surface area is 126 Å². The summed E-state index contributed by atoms with van der Waals surface area (Å²) in [4.78, 5) is 18.0. The Hall–Kier alpha value is -2.04. The van der Waals surface area contributed by atoms with Gasteiger partial charge < -0.3 is 15.0 Å². The predicted octanol–water partition coefficient (Wildman–Crippen LogP) is 1.43. The zero-order valence-corrected chi connectivity index (χ0v) is 12.9. The molecule has 0 amide bonds. The molecule has 2 rings (SSSR count). The van der Waals surface area contributed by atoms with Crippen molar-refractivity contribution in [3.63, 3.8) is 0 Å². The first kappa shape index (κ1) is 15.4. The molecular weight excluding hydrogens is 266 g/mol. The molecule has 1 unspecified atom stereocenters. The zero-order chi connectivity index (χ0) is 15.2. The minimum absolute atomic E-state index is 0.191. The Bertz CT molecular complexity index is 528. The van der Waals surface area contributed by atoms with Crippen LogP contribution >= 0.6 is 0 Å². The number of esters is 1. The molecule has 1 atom stereocenters. The van der Waals surface area contributed by atoms with Crippen molar-refractivity contribution in [2.45, 2.75) is 19.9 Å². The third-order valence-corrected chi connectivity index (χ3v) is 3.81. The van der Waals surface area contributed by atoms with E-state index in [0.29, 0.717) is 6.54 Å². The van der Waals surface area contributed by atoms with E-state index < -0.39 is 0 Å². The third-order valence-electron chi connectivity index (χ3n) is 3.81. The molecule has 0 spiro atoms. The smallest absolute Gasteiger partial charge is 0.310 e. The van der Waals surface area contributed by atoms with Gasteiger partial charge >= 0.3 is 5.97 Å². The quantitative estimate of drug-likeness (QED) is 0.519. The SMILES string of the molecule is CN=C(NCC(C)C(=O)OC)N1CCc2ccccc2C1. The fourth-order valence-electron chi connectivity index (χ4n) is 2.54. The van der Waals surface area contributed by atoms with Crippen molar-refractivity contribution in [1.82, 2.24) is 10.2 Å². The molecule has 0 aromatic heterocycles. The molecular formula is C16H23N3O2. The second kappa shape index (κ2) is 7.11. The number of hydrogen-bond acceptors (Lipinski definition) is 3. The Morgan fingerprint density at radius 1 is 1.43 bits per heavy atom. The highest BCUT2D eigenvalue weighted by atomic mass is 16.5. The molecule has 0 saturated heterocycles. The second-order valence-electron chi connectivity index (χ2n) is 5.29. The lowest BCUT2D eigenvalue weighted by molar-refractivity contribution is -0.144. The molecule has 1 aromatic carbocycles. The van der Waals surface area contributed by atoms with Crippen LogP contribution in [0.5, 0.6) is 0 Å². The molecule has 0 aliphatic carbocycles. The monoisotopic (exact) mass is 289 g/mol. The minimum atomic E-state index is -0.207. The van der Waals surface area contributed by atoms with Gasteiger partial charge in [-0.3, -0.25) is 9.79 Å². The number of aliphatic imine (C=N–C) groups is 1. The summed E-state index contributed by atoms with van der Waals surface area (Å²) in [7, 11) is 3.18. The number of benzene rings is 1. The standard InChI is InChI=1S/C16H23N3O2/c1-12(15(20)21-3)10-18-16(17-2)19-9-8-13-6-4-5-7-14(13)11-19/h4-7,12H,8-11H2,1-3H3,(H,17,18). The lowest BCUT2D eigenvalue weighted by Crippen LogP contribution is -2.45. The molecule has 0 bridgehead atoms. The average Bonchev–Trinajstić information content (AvgIpc) is 2.54. The van der Waals surface area contributed by atoms with Gasteiger partial charge in [0.15, 0.2) is 5.96 Å². The molecule has 5 heteroatoms. The molecule has 5 nitrogen and oxygen atoms in total. The Balaban J connectivity index is 1.96. The maximum absolute atomic E-state index is 11.4. The van der Waals surface area contributed by atoms with Crippen molar-refractivity contribution in [1.29, 1.82) is 0 Å². The number of nitrogens with zero attached hydrogens (tertiary/aromatic N) is 2. The predicted molar refractivity (Wildman–Crippen MR) is 83.1 cm³/mol. The van der Waals surface area contributed by atoms with Gasteiger partial charge in [0.2, 0.25) is 0 Å². The Morgan fingerprint density at radius 2 is 2.14 bits per heavy atom. The molecule has 1 aliphatic heterocycles. The van der Waals surface area contributed by atoms with Crippen LogP contribution in [0.4, 0.5) is 0 Å². The summed E-state index contributed by atoms with van der Waals surface area (Å²) in [5.41, 5.74) is 2.75. The highest BCUT2D eigenvalue weighted by molar-refractivity contribution is 5.81. The number of guanidine groups is 1. The minimum Gasteiger partial charge on any atom is -0.469 e. The number of methoxy groups -OCH3 is 1. The van der Waals surface area contributed by atoms with Gasteiger partial charge in [-0.2, -0.15) is 0 Å². The summed E-state index contributed by atoms with van der Waals surface area (Å²) < 4.78 is 4.74. The van der Waals surface area contributed by atoms with E-state index in [9.17, 15) is 4.79 Å². The number of carbonyl (C=O) groups excluding carboxylic acids is 1. The summed E-state index contributed by atoms with van der Waals surface area (Å²) in [6.07, 6.45) is 1.02. The van der Waals surface area contributed by atoms with Crippen LogP contribution in [-0.2, 0) is 22.5 Å². The van der Waals surface area contributed by atoms with Gasteiger partial charge in [-0.25, -0.2) is 0 Å². The van der Waals surface area contributed by atoms with E-state index in [1.165, 1.54) is 18.2 Å². The maximum Gasteiger partial charge on any atom is 0.310 e. The summed E-state index contributed by atoms with van der Waals surface area (Å²) in [5.74, 6) is 0.436. The summed E-state index contributed by atoms with van der Waals surface area (Å²) >= 11 is 0. The molecule has 1 aromatic rings. The number of rotatable bonds is 3. The first-order valence-electron chi connectivity index (χ1n) is 7.26. The van der Waals surface area contributed by atoms with Gasteiger partial charge in [-0.05, 0) is 17.5 Å². The molecule has 0 fully saturated rings. The zero-order valence-electron chi connectivity index (χ0n) is 12.9. The lowest BCUT2D eigenvalue weighted by atomic mass is 10.0. The van der Waals surface area contributed by atoms with Crippen molar-refractivity contribution in [3.8, 4) is 0 Å². The van der Waals surface area contributed by atoms with Crippen LogP contribution in [0.15, 0.2) is 29.3 Å². The topological polar surface area (TPSA) is 53.9 Å². The van der Waals surface area contributed by atoms with E-state index in [1.54, 1.807) is 7.05 Å². The van der Waals surface area contributed by atoms with E-state index in [0.717, 1.165) is 25.5 Å². The van der Waals surface area contributed by atoms with Gasteiger partial charge in [-0.15, -0.1) is 0 Å². The fraction of sp³-hybridized carbons (Fsp3) is 0.500. The lowest BCUT2D eigenvalue weighted by Gasteiger charge is -2.32. The van der Waals surface area contributed by atoms with Crippen molar-refractivity contribution >= 4 is 11.9 Å². The van der Waals surface area contributed by atoms with Crippen LogP contribution in [-0.4, -0.2) is 44.1 Å². The Kier molecular flexibility index (Phi) is 5.20. The van der Waals surface area contributed by atoms with E-state index in [2.05, 4.69) is 39.5 Å². The van der Waals surface area contributed by atoms with Gasteiger partial charge in [0.1, 0.15) is 0 Å². The molecule has 114 valence electrons. The van der Waals surface area contributed by atoms with Crippen LogP contribution in [0, 0.1) is 5.92 Å². The van der Waals surface area contributed by atoms with Crippen LogP contribution in [0.1, 0.15) is 18.1 Å². The largest absolute Gasteiger partial charge is 0.469 e. The van der Waals surface area contributed by atoms with E-state index in [1.807, 2.05) is 6.92 Å². The molecule has 0 radical (unpaired) electrons.